The Morgan fingerprint density at radius 3 is 1.86 bits per heavy atom. The highest BCUT2D eigenvalue weighted by Crippen LogP contribution is 2.43. The predicted octanol–water partition coefficient (Wildman–Crippen LogP) is 8.01. The van der Waals surface area contributed by atoms with Crippen LogP contribution < -0.4 is 0 Å². The summed E-state index contributed by atoms with van der Waals surface area (Å²) < 4.78 is 14.5. The number of carbonyl (C=O) groups is 2. The predicted molar refractivity (Wildman–Crippen MR) is 218 cm³/mol. The first-order chi connectivity index (χ1) is 28.1. The summed E-state index contributed by atoms with van der Waals surface area (Å²) in [5.74, 6) is 0.382. The molecule has 0 saturated heterocycles. The minimum atomic E-state index is -1.43. The fourth-order valence-corrected chi connectivity index (χ4v) is 7.71. The highest BCUT2D eigenvalue weighted by atomic mass is 16.6. The number of esters is 2. The van der Waals surface area contributed by atoms with Crippen molar-refractivity contribution in [2.45, 2.75) is 51.8 Å². The van der Waals surface area contributed by atoms with Crippen molar-refractivity contribution < 1.29 is 24.2 Å². The monoisotopic (exact) mass is 770 g/mol. The molecule has 3 heterocycles. The van der Waals surface area contributed by atoms with E-state index in [2.05, 4.69) is 52.7 Å². The van der Waals surface area contributed by atoms with Crippen LogP contribution in [0.25, 0.3) is 22.5 Å². The third-order valence-electron chi connectivity index (χ3n) is 10.5. The lowest BCUT2D eigenvalue weighted by molar-refractivity contribution is -0.137. The van der Waals surface area contributed by atoms with Crippen LogP contribution in [0.4, 0.5) is 0 Å². The van der Waals surface area contributed by atoms with E-state index in [9.17, 15) is 14.7 Å². The number of benzene rings is 5. The first-order valence-electron chi connectivity index (χ1n) is 19.1. The quantitative estimate of drug-likeness (QED) is 0.0969. The van der Waals surface area contributed by atoms with Crippen LogP contribution in [0.15, 0.2) is 151 Å². The highest BCUT2D eigenvalue weighted by Gasteiger charge is 2.42. The number of nitrogens with zero attached hydrogens (tertiary/aromatic N) is 6. The Morgan fingerprint density at radius 2 is 1.33 bits per heavy atom. The Hall–Kier alpha value is -6.98. The fraction of sp³-hybridized carbons (Fsp3) is 0.191. The number of aliphatic hydroxyl groups is 1. The van der Waals surface area contributed by atoms with Crippen LogP contribution in [0.3, 0.4) is 0 Å². The number of aromatic nitrogens is 6. The Balaban J connectivity index is 1.17. The van der Waals surface area contributed by atoms with E-state index in [1.54, 1.807) is 32.3 Å². The van der Waals surface area contributed by atoms with Crippen molar-refractivity contribution in [1.82, 2.24) is 29.8 Å². The Labute approximate surface area is 336 Å². The van der Waals surface area contributed by atoms with Crippen molar-refractivity contribution in [2.75, 3.05) is 6.61 Å². The van der Waals surface area contributed by atoms with Gasteiger partial charge < -0.3 is 19.1 Å². The second kappa shape index (κ2) is 15.5. The van der Waals surface area contributed by atoms with E-state index < -0.39 is 17.1 Å². The molecular formula is C47H42N6O5. The molecule has 58 heavy (non-hydrogen) atoms. The van der Waals surface area contributed by atoms with Gasteiger partial charge in [0.2, 0.25) is 0 Å². The molecule has 0 unspecified atom stereocenters. The molecule has 0 bridgehead atoms. The zero-order valence-corrected chi connectivity index (χ0v) is 32.7. The van der Waals surface area contributed by atoms with Crippen LogP contribution >= 0.6 is 0 Å². The Kier molecular flexibility index (Phi) is 10.1. The molecule has 7 aromatic rings. The van der Waals surface area contributed by atoms with E-state index >= 15 is 0 Å². The number of aryl methyl sites for hydroxylation is 1. The number of hydrogen-bond acceptors (Lipinski definition) is 9. The third-order valence-corrected chi connectivity index (χ3v) is 10.5. The summed E-state index contributed by atoms with van der Waals surface area (Å²) in [4.78, 5) is 30.0. The molecule has 290 valence electrons. The topological polar surface area (TPSA) is 134 Å². The van der Waals surface area contributed by atoms with E-state index in [0.717, 1.165) is 38.9 Å². The zero-order valence-electron chi connectivity index (χ0n) is 32.7. The molecule has 1 N–H and O–H groups in total. The fourth-order valence-electron chi connectivity index (χ4n) is 7.71. The van der Waals surface area contributed by atoms with Crippen LogP contribution in [0.1, 0.15) is 71.5 Å². The maximum absolute atomic E-state index is 13.7. The molecular weight excluding hydrogens is 729 g/mol. The van der Waals surface area contributed by atoms with E-state index in [0.29, 0.717) is 23.0 Å². The normalized spacial score (nSPS) is 13.2. The van der Waals surface area contributed by atoms with E-state index in [1.807, 2.05) is 102 Å². The van der Waals surface area contributed by atoms with Gasteiger partial charge in [-0.2, -0.15) is 0 Å². The summed E-state index contributed by atoms with van der Waals surface area (Å²) in [6.45, 7) is 6.78. The number of imidazole rings is 1. The van der Waals surface area contributed by atoms with Crippen molar-refractivity contribution in [3.8, 4) is 22.5 Å². The van der Waals surface area contributed by atoms with Crippen molar-refractivity contribution in [2.24, 2.45) is 0 Å². The van der Waals surface area contributed by atoms with Crippen molar-refractivity contribution in [3.63, 3.8) is 0 Å². The Morgan fingerprint density at radius 1 is 0.776 bits per heavy atom. The molecule has 0 fully saturated rings. The van der Waals surface area contributed by atoms with Crippen LogP contribution in [0.5, 0.6) is 0 Å². The minimum absolute atomic E-state index is 0.132. The molecule has 11 heteroatoms. The number of hydrogen-bond donors (Lipinski definition) is 1. The summed E-state index contributed by atoms with van der Waals surface area (Å²) in [7, 11) is 0. The molecule has 0 radical (unpaired) electrons. The molecule has 0 aliphatic carbocycles. The largest absolute Gasteiger partial charge is 0.453 e. The van der Waals surface area contributed by atoms with Crippen molar-refractivity contribution in [3.05, 3.63) is 190 Å². The molecule has 5 aromatic carbocycles. The summed E-state index contributed by atoms with van der Waals surface area (Å²) in [6, 6.07) is 47.0. The highest BCUT2D eigenvalue weighted by molar-refractivity contribution is 5.90. The van der Waals surface area contributed by atoms with Crippen LogP contribution in [-0.4, -0.2) is 53.4 Å². The van der Waals surface area contributed by atoms with Gasteiger partial charge in [-0.1, -0.05) is 140 Å². The van der Waals surface area contributed by atoms with Crippen LogP contribution in [0.2, 0.25) is 0 Å². The molecule has 11 nitrogen and oxygen atoms in total. The van der Waals surface area contributed by atoms with Gasteiger partial charge >= 0.3 is 11.9 Å². The number of tetrazole rings is 1. The zero-order chi connectivity index (χ0) is 40.4. The van der Waals surface area contributed by atoms with Gasteiger partial charge in [0.25, 0.3) is 0 Å². The number of cyclic esters (lactones) is 1. The van der Waals surface area contributed by atoms with Gasteiger partial charge in [-0.3, -0.25) is 4.79 Å². The van der Waals surface area contributed by atoms with Gasteiger partial charge in [0.15, 0.2) is 11.5 Å². The van der Waals surface area contributed by atoms with Gasteiger partial charge in [-0.25, -0.2) is 14.5 Å². The molecule has 1 aliphatic heterocycles. The molecule has 1 aliphatic rings. The van der Waals surface area contributed by atoms with Crippen molar-refractivity contribution in [1.29, 1.82) is 0 Å². The standard InChI is InChI=1S/C47H42N6O5/c1-31-28-41(54)58-40(31)30-57-45(55)42-43(46(3,4)56)48-32(2)52(42)29-33-24-26-34(27-25-33)38-22-14-15-23-39(38)44-49-50-51-53(44)47(35-16-8-5-9-17-35,36-18-10-6-11-19-36)37-20-12-7-13-21-37/h5-27,56H,28-30H2,1-4H3. The lowest BCUT2D eigenvalue weighted by Crippen LogP contribution is -2.39. The molecule has 0 saturated carbocycles. The second-order valence-electron chi connectivity index (χ2n) is 14.9. The van der Waals surface area contributed by atoms with Gasteiger partial charge in [-0.15, -0.1) is 5.10 Å². The van der Waals surface area contributed by atoms with E-state index in [1.165, 1.54) is 0 Å². The SMILES string of the molecule is CC1=C(COC(=O)c2c(C(C)(C)O)nc(C)n2Cc2ccc(-c3ccccc3-c3nnnn3C(c3ccccc3)(c3ccccc3)c3ccccc3)cc2)OC(=O)C1. The number of carbonyl (C=O) groups excluding carboxylic acids is 2. The summed E-state index contributed by atoms with van der Waals surface area (Å²) in [6.07, 6.45) is 0.159. The summed E-state index contributed by atoms with van der Waals surface area (Å²) >= 11 is 0. The average molecular weight is 771 g/mol. The summed E-state index contributed by atoms with van der Waals surface area (Å²) in [5, 5.41) is 24.8. The van der Waals surface area contributed by atoms with Gasteiger partial charge in [0.1, 0.15) is 35.0 Å². The van der Waals surface area contributed by atoms with Crippen molar-refractivity contribution >= 4 is 11.9 Å². The smallest absolute Gasteiger partial charge is 0.357 e. The first kappa shape index (κ1) is 37.9. The first-order valence-corrected chi connectivity index (χ1v) is 19.1. The van der Waals surface area contributed by atoms with Gasteiger partial charge in [0.05, 0.1) is 6.42 Å². The number of ether oxygens (including phenoxy) is 2. The number of rotatable bonds is 12. The lowest BCUT2D eigenvalue weighted by atomic mass is 9.77. The molecule has 0 atom stereocenters. The van der Waals surface area contributed by atoms with Crippen LogP contribution in [0, 0.1) is 6.92 Å². The second-order valence-corrected chi connectivity index (χ2v) is 14.9. The van der Waals surface area contributed by atoms with E-state index in [4.69, 9.17) is 19.8 Å². The molecule has 0 spiro atoms. The Bertz CT molecular complexity index is 2530. The van der Waals surface area contributed by atoms with E-state index in [-0.39, 0.29) is 36.9 Å². The third kappa shape index (κ3) is 7.01. The average Bonchev–Trinajstić information content (AvgIpc) is 3.95. The molecule has 8 rings (SSSR count). The van der Waals surface area contributed by atoms with Gasteiger partial charge in [0, 0.05) is 12.1 Å². The lowest BCUT2D eigenvalue weighted by Gasteiger charge is -2.36. The molecule has 0 amide bonds. The minimum Gasteiger partial charge on any atom is -0.453 e. The van der Waals surface area contributed by atoms with Gasteiger partial charge in [-0.05, 0) is 77.1 Å². The summed E-state index contributed by atoms with van der Waals surface area (Å²) in [5.41, 5.74) is 5.31. The molecule has 2 aromatic heterocycles. The maximum Gasteiger partial charge on any atom is 0.357 e. The maximum atomic E-state index is 13.7. The van der Waals surface area contributed by atoms with Crippen LogP contribution in [-0.2, 0) is 32.0 Å².